The molecule has 0 amide bonds. The maximum absolute atomic E-state index is 5.82. The summed E-state index contributed by atoms with van der Waals surface area (Å²) in [5.74, 6) is 1.77. The van der Waals surface area contributed by atoms with Gasteiger partial charge in [0, 0.05) is 6.42 Å². The number of benzene rings is 2. The van der Waals surface area contributed by atoms with Gasteiger partial charge in [-0.2, -0.15) is 0 Å². The molecule has 0 saturated heterocycles. The van der Waals surface area contributed by atoms with Gasteiger partial charge in [-0.1, -0.05) is 69.2 Å². The smallest absolute Gasteiger partial charge is 0.119 e. The third-order valence-electron chi connectivity index (χ3n) is 4.10. The Morgan fingerprint density at radius 1 is 0.810 bits per heavy atom. The molecular weight excluding hydrogens is 256 g/mol. The highest BCUT2D eigenvalue weighted by atomic mass is 16.5. The molecule has 2 aromatic carbocycles. The SMILES string of the molecule is CCC(CC)Cc1ccc(OCCc2ccccc2)cc1. The zero-order valence-electron chi connectivity index (χ0n) is 13.2. The van der Waals surface area contributed by atoms with E-state index in [0.717, 1.165) is 24.7 Å². The van der Waals surface area contributed by atoms with Crippen molar-refractivity contribution in [1.82, 2.24) is 0 Å². The molecule has 0 bridgehead atoms. The normalized spacial score (nSPS) is 10.8. The van der Waals surface area contributed by atoms with Crippen LogP contribution in [0.25, 0.3) is 0 Å². The van der Waals surface area contributed by atoms with Crippen molar-refractivity contribution < 1.29 is 4.74 Å². The van der Waals surface area contributed by atoms with Gasteiger partial charge in [-0.25, -0.2) is 0 Å². The first kappa shape index (κ1) is 15.6. The van der Waals surface area contributed by atoms with Crippen molar-refractivity contribution in [3.8, 4) is 5.75 Å². The van der Waals surface area contributed by atoms with Gasteiger partial charge in [0.15, 0.2) is 0 Å². The monoisotopic (exact) mass is 282 g/mol. The van der Waals surface area contributed by atoms with E-state index < -0.39 is 0 Å². The van der Waals surface area contributed by atoms with E-state index in [4.69, 9.17) is 4.74 Å². The minimum absolute atomic E-state index is 0.732. The number of rotatable bonds is 8. The summed E-state index contributed by atoms with van der Waals surface area (Å²) in [4.78, 5) is 0. The van der Waals surface area contributed by atoms with Gasteiger partial charge in [-0.3, -0.25) is 0 Å². The van der Waals surface area contributed by atoms with E-state index in [1.807, 2.05) is 6.07 Å². The Balaban J connectivity index is 1.79. The van der Waals surface area contributed by atoms with Crippen molar-refractivity contribution in [2.75, 3.05) is 6.61 Å². The third-order valence-corrected chi connectivity index (χ3v) is 4.10. The number of ether oxygens (including phenoxy) is 1. The molecule has 2 rings (SSSR count). The van der Waals surface area contributed by atoms with Gasteiger partial charge in [0.2, 0.25) is 0 Å². The Morgan fingerprint density at radius 3 is 2.10 bits per heavy atom. The lowest BCUT2D eigenvalue weighted by atomic mass is 9.95. The molecule has 1 heteroatoms. The van der Waals surface area contributed by atoms with Gasteiger partial charge in [0.05, 0.1) is 6.61 Å². The van der Waals surface area contributed by atoms with Crippen LogP contribution >= 0.6 is 0 Å². The Bertz CT molecular complexity index is 497. The Morgan fingerprint density at radius 2 is 1.48 bits per heavy atom. The second kappa shape index (κ2) is 8.51. The van der Waals surface area contributed by atoms with Crippen LogP contribution in [0.5, 0.6) is 5.75 Å². The van der Waals surface area contributed by atoms with Crippen LogP contribution in [0.15, 0.2) is 54.6 Å². The minimum atomic E-state index is 0.732. The van der Waals surface area contributed by atoms with E-state index in [1.54, 1.807) is 0 Å². The summed E-state index contributed by atoms with van der Waals surface area (Å²) in [6, 6.07) is 19.1. The van der Waals surface area contributed by atoms with E-state index in [-0.39, 0.29) is 0 Å². The van der Waals surface area contributed by atoms with E-state index in [1.165, 1.54) is 30.4 Å². The van der Waals surface area contributed by atoms with Crippen molar-refractivity contribution in [1.29, 1.82) is 0 Å². The second-order valence-corrected chi connectivity index (χ2v) is 5.61. The molecule has 2 aromatic rings. The molecular formula is C20H26O. The van der Waals surface area contributed by atoms with Crippen molar-refractivity contribution in [2.45, 2.75) is 39.5 Å². The first-order valence-corrected chi connectivity index (χ1v) is 8.07. The highest BCUT2D eigenvalue weighted by Crippen LogP contribution is 2.18. The summed E-state index contributed by atoms with van der Waals surface area (Å²) >= 11 is 0. The largest absolute Gasteiger partial charge is 0.493 e. The van der Waals surface area contributed by atoms with Crippen molar-refractivity contribution in [3.05, 3.63) is 65.7 Å². The van der Waals surface area contributed by atoms with Crippen LogP contribution in [-0.4, -0.2) is 6.61 Å². The van der Waals surface area contributed by atoms with Crippen molar-refractivity contribution in [2.24, 2.45) is 5.92 Å². The van der Waals surface area contributed by atoms with Gasteiger partial charge >= 0.3 is 0 Å². The molecule has 0 radical (unpaired) electrons. The van der Waals surface area contributed by atoms with Crippen LogP contribution < -0.4 is 4.74 Å². The first-order chi connectivity index (χ1) is 10.3. The average molecular weight is 282 g/mol. The van der Waals surface area contributed by atoms with Crippen LogP contribution in [-0.2, 0) is 12.8 Å². The summed E-state index contributed by atoms with van der Waals surface area (Å²) < 4.78 is 5.82. The average Bonchev–Trinajstić information content (AvgIpc) is 2.55. The topological polar surface area (TPSA) is 9.23 Å². The van der Waals surface area contributed by atoms with Crippen molar-refractivity contribution in [3.63, 3.8) is 0 Å². The summed E-state index contributed by atoms with van der Waals surface area (Å²) in [7, 11) is 0. The van der Waals surface area contributed by atoms with Gasteiger partial charge in [0.25, 0.3) is 0 Å². The van der Waals surface area contributed by atoms with Crippen LogP contribution in [0.4, 0.5) is 0 Å². The molecule has 0 spiro atoms. The van der Waals surface area contributed by atoms with Crippen LogP contribution in [0.3, 0.4) is 0 Å². The quantitative estimate of drug-likeness (QED) is 0.639. The lowest BCUT2D eigenvalue weighted by Gasteiger charge is -2.12. The molecule has 0 fully saturated rings. The fourth-order valence-corrected chi connectivity index (χ4v) is 2.56. The van der Waals surface area contributed by atoms with E-state index in [9.17, 15) is 0 Å². The van der Waals surface area contributed by atoms with Gasteiger partial charge in [0.1, 0.15) is 5.75 Å². The molecule has 112 valence electrons. The molecule has 0 N–H and O–H groups in total. The molecule has 0 aromatic heterocycles. The third kappa shape index (κ3) is 5.26. The fraction of sp³-hybridized carbons (Fsp3) is 0.400. The summed E-state index contributed by atoms with van der Waals surface area (Å²) in [5.41, 5.74) is 2.74. The molecule has 0 aliphatic rings. The molecule has 0 heterocycles. The fourth-order valence-electron chi connectivity index (χ4n) is 2.56. The van der Waals surface area contributed by atoms with Crippen LogP contribution in [0.2, 0.25) is 0 Å². The zero-order valence-corrected chi connectivity index (χ0v) is 13.2. The molecule has 1 nitrogen and oxygen atoms in total. The standard InChI is InChI=1S/C20H26O/c1-3-17(4-2)16-19-10-12-20(13-11-19)21-15-14-18-8-6-5-7-9-18/h5-13,17H,3-4,14-16H2,1-2H3. The number of hydrogen-bond donors (Lipinski definition) is 0. The van der Waals surface area contributed by atoms with Crippen molar-refractivity contribution >= 4 is 0 Å². The van der Waals surface area contributed by atoms with E-state index in [0.29, 0.717) is 0 Å². The minimum Gasteiger partial charge on any atom is -0.493 e. The predicted octanol–water partition coefficient (Wildman–Crippen LogP) is 5.29. The van der Waals surface area contributed by atoms with Crippen LogP contribution in [0.1, 0.15) is 37.8 Å². The Hall–Kier alpha value is -1.76. The maximum Gasteiger partial charge on any atom is 0.119 e. The zero-order chi connectivity index (χ0) is 14.9. The lowest BCUT2D eigenvalue weighted by Crippen LogP contribution is -2.03. The molecule has 0 unspecified atom stereocenters. The summed E-state index contributed by atoms with van der Waals surface area (Å²) in [6.07, 6.45) is 4.64. The Labute approximate surface area is 129 Å². The Kier molecular flexibility index (Phi) is 6.33. The van der Waals surface area contributed by atoms with E-state index in [2.05, 4.69) is 62.4 Å². The van der Waals surface area contributed by atoms with Gasteiger partial charge < -0.3 is 4.74 Å². The highest BCUT2D eigenvalue weighted by Gasteiger charge is 2.05. The molecule has 21 heavy (non-hydrogen) atoms. The first-order valence-electron chi connectivity index (χ1n) is 8.07. The summed E-state index contributed by atoms with van der Waals surface area (Å²) in [5, 5.41) is 0. The lowest BCUT2D eigenvalue weighted by molar-refractivity contribution is 0.322. The molecule has 0 atom stereocenters. The van der Waals surface area contributed by atoms with Gasteiger partial charge in [-0.15, -0.1) is 0 Å². The molecule has 0 saturated carbocycles. The van der Waals surface area contributed by atoms with Crippen LogP contribution in [0, 0.1) is 5.92 Å². The molecule has 0 aliphatic heterocycles. The van der Waals surface area contributed by atoms with Gasteiger partial charge in [-0.05, 0) is 35.6 Å². The highest BCUT2D eigenvalue weighted by molar-refractivity contribution is 5.27. The number of hydrogen-bond acceptors (Lipinski definition) is 1. The van der Waals surface area contributed by atoms with E-state index >= 15 is 0 Å². The summed E-state index contributed by atoms with van der Waals surface area (Å²) in [6.45, 7) is 5.28. The second-order valence-electron chi connectivity index (χ2n) is 5.61. The molecule has 0 aliphatic carbocycles. The maximum atomic E-state index is 5.82. The predicted molar refractivity (Wildman–Crippen MR) is 89.9 cm³/mol.